The molecule has 4 nitrogen and oxygen atoms in total. The highest BCUT2D eigenvalue weighted by atomic mass is 35.5. The lowest BCUT2D eigenvalue weighted by molar-refractivity contribution is -0.138. The van der Waals surface area contributed by atoms with E-state index in [1.165, 1.54) is 16.7 Å². The first kappa shape index (κ1) is 29.4. The third-order valence-electron chi connectivity index (χ3n) is 7.82. The Labute approximate surface area is 251 Å². The molecule has 1 aliphatic rings. The molecule has 1 aromatic heterocycles. The lowest BCUT2D eigenvalue weighted by Crippen LogP contribution is -2.13. The molecule has 0 spiro atoms. The van der Waals surface area contributed by atoms with Gasteiger partial charge in [0, 0.05) is 16.3 Å². The summed E-state index contributed by atoms with van der Waals surface area (Å²) in [7, 11) is 0. The second-order valence-electron chi connectivity index (χ2n) is 11.3. The number of rotatable bonds is 13. The highest BCUT2D eigenvalue weighted by Gasteiger charge is 2.44. The topological polar surface area (TPSA) is 70.4 Å². The van der Waals surface area contributed by atoms with Crippen LogP contribution in [-0.2, 0) is 11.2 Å². The first-order valence-electron chi connectivity index (χ1n) is 14.2. The van der Waals surface area contributed by atoms with E-state index in [1.54, 1.807) is 0 Å². The lowest BCUT2D eigenvalue weighted by Gasteiger charge is -2.23. The Balaban J connectivity index is 1.37. The van der Waals surface area contributed by atoms with Crippen LogP contribution in [0.25, 0.3) is 23.1 Å². The normalized spacial score (nSPS) is 15.7. The highest BCUT2D eigenvalue weighted by Crippen LogP contribution is 2.51. The summed E-state index contributed by atoms with van der Waals surface area (Å²) in [5.41, 5.74) is 6.48. The fraction of sp³-hybridized carbons (Fsp3) is 0.314. The third-order valence-corrected chi connectivity index (χ3v) is 9.40. The van der Waals surface area contributed by atoms with Crippen molar-refractivity contribution in [2.24, 2.45) is 5.41 Å². The summed E-state index contributed by atoms with van der Waals surface area (Å²) >= 11 is 8.05. The van der Waals surface area contributed by atoms with E-state index < -0.39 is 12.1 Å². The van der Waals surface area contributed by atoms with Crippen LogP contribution >= 0.6 is 23.4 Å². The van der Waals surface area contributed by atoms with Crippen LogP contribution < -0.4 is 0 Å². The Morgan fingerprint density at radius 2 is 1.85 bits per heavy atom. The molecular formula is C35H36ClNO3S. The van der Waals surface area contributed by atoms with Gasteiger partial charge < -0.3 is 10.2 Å². The number of thioether (sulfide) groups is 1. The summed E-state index contributed by atoms with van der Waals surface area (Å²) in [4.78, 5) is 16.0. The van der Waals surface area contributed by atoms with Gasteiger partial charge >= 0.3 is 5.97 Å². The number of halogens is 1. The van der Waals surface area contributed by atoms with Crippen LogP contribution in [0.4, 0.5) is 0 Å². The smallest absolute Gasteiger partial charge is 0.303 e. The molecule has 1 fully saturated rings. The SMILES string of the molecule is CC(O)Cc1ccccc1C(CCSCC1(CC(=O)O)CC1)c1cccc(C=Cc2ccc3ccc(Cl)cc3n2)c1. The molecule has 1 saturated carbocycles. The van der Waals surface area contributed by atoms with Gasteiger partial charge in [-0.15, -0.1) is 0 Å². The quantitative estimate of drug-likeness (QED) is 0.154. The van der Waals surface area contributed by atoms with Crippen LogP contribution in [0, 0.1) is 5.41 Å². The zero-order valence-electron chi connectivity index (χ0n) is 23.3. The monoisotopic (exact) mass is 585 g/mol. The molecule has 212 valence electrons. The van der Waals surface area contributed by atoms with Crippen molar-refractivity contribution in [3.05, 3.63) is 112 Å². The van der Waals surface area contributed by atoms with Gasteiger partial charge in [0.25, 0.3) is 0 Å². The number of aromatic nitrogens is 1. The fourth-order valence-electron chi connectivity index (χ4n) is 5.50. The maximum absolute atomic E-state index is 11.3. The Kier molecular flexibility index (Phi) is 9.49. The van der Waals surface area contributed by atoms with Gasteiger partial charge in [0.1, 0.15) is 0 Å². The van der Waals surface area contributed by atoms with E-state index in [1.807, 2.05) is 55.1 Å². The number of carboxylic acid groups (broad SMARTS) is 1. The van der Waals surface area contributed by atoms with Crippen molar-refractivity contribution >= 4 is 52.4 Å². The lowest BCUT2D eigenvalue weighted by atomic mass is 9.84. The van der Waals surface area contributed by atoms with Gasteiger partial charge in [0.15, 0.2) is 0 Å². The average Bonchev–Trinajstić information content (AvgIpc) is 3.70. The Hall–Kier alpha value is -3.12. The zero-order chi connectivity index (χ0) is 28.8. The molecular weight excluding hydrogens is 550 g/mol. The summed E-state index contributed by atoms with van der Waals surface area (Å²) in [5.74, 6) is 1.31. The molecule has 1 aliphatic carbocycles. The second kappa shape index (κ2) is 13.2. The van der Waals surface area contributed by atoms with Crippen molar-refractivity contribution in [3.63, 3.8) is 0 Å². The van der Waals surface area contributed by atoms with Gasteiger partial charge in [0.2, 0.25) is 0 Å². The summed E-state index contributed by atoms with van der Waals surface area (Å²) in [6.45, 7) is 1.83. The molecule has 2 N–H and O–H groups in total. The van der Waals surface area contributed by atoms with Gasteiger partial charge in [-0.2, -0.15) is 11.8 Å². The molecule has 4 aromatic rings. The number of aliphatic hydroxyl groups is 1. The molecule has 41 heavy (non-hydrogen) atoms. The van der Waals surface area contributed by atoms with Crippen molar-refractivity contribution in [2.45, 2.75) is 51.0 Å². The minimum atomic E-state index is -0.694. The Bertz CT molecular complexity index is 1550. The van der Waals surface area contributed by atoms with Crippen molar-refractivity contribution < 1.29 is 15.0 Å². The molecule has 6 heteroatoms. The van der Waals surface area contributed by atoms with Crippen molar-refractivity contribution in [2.75, 3.05) is 11.5 Å². The first-order valence-corrected chi connectivity index (χ1v) is 15.7. The van der Waals surface area contributed by atoms with E-state index in [-0.39, 0.29) is 17.8 Å². The van der Waals surface area contributed by atoms with Crippen LogP contribution in [0.1, 0.15) is 66.5 Å². The van der Waals surface area contributed by atoms with Crippen LogP contribution in [0.2, 0.25) is 5.02 Å². The first-order chi connectivity index (χ1) is 19.8. The number of benzene rings is 3. The largest absolute Gasteiger partial charge is 0.481 e. The summed E-state index contributed by atoms with van der Waals surface area (Å²) in [6.07, 6.45) is 7.55. The predicted octanol–water partition coefficient (Wildman–Crippen LogP) is 8.49. The molecule has 0 radical (unpaired) electrons. The van der Waals surface area contributed by atoms with E-state index in [0.29, 0.717) is 11.4 Å². The van der Waals surface area contributed by atoms with Gasteiger partial charge in [-0.3, -0.25) is 4.79 Å². The molecule has 3 aromatic carbocycles. The van der Waals surface area contributed by atoms with Gasteiger partial charge in [-0.25, -0.2) is 4.98 Å². The second-order valence-corrected chi connectivity index (χ2v) is 12.8. The number of nitrogens with zero attached hydrogens (tertiary/aromatic N) is 1. The van der Waals surface area contributed by atoms with Gasteiger partial charge in [0.05, 0.1) is 23.7 Å². The molecule has 0 saturated heterocycles. The van der Waals surface area contributed by atoms with E-state index in [2.05, 4.69) is 54.6 Å². The number of aliphatic carboxylic acids is 1. The van der Waals surface area contributed by atoms with Crippen molar-refractivity contribution in [1.29, 1.82) is 0 Å². The number of pyridine rings is 1. The van der Waals surface area contributed by atoms with Crippen LogP contribution in [-0.4, -0.2) is 38.8 Å². The number of fused-ring (bicyclic) bond motifs is 1. The third kappa shape index (κ3) is 8.00. The van der Waals surface area contributed by atoms with Crippen LogP contribution in [0.3, 0.4) is 0 Å². The highest BCUT2D eigenvalue weighted by molar-refractivity contribution is 7.99. The molecule has 2 atom stereocenters. The van der Waals surface area contributed by atoms with Gasteiger partial charge in [-0.05, 0) is 96.1 Å². The predicted molar refractivity (Wildman–Crippen MR) is 172 cm³/mol. The van der Waals surface area contributed by atoms with Gasteiger partial charge in [-0.1, -0.05) is 78.3 Å². The number of carbonyl (C=O) groups is 1. The molecule has 1 heterocycles. The molecule has 0 bridgehead atoms. The number of aliphatic hydroxyl groups excluding tert-OH is 1. The number of hydrogen-bond donors (Lipinski definition) is 2. The fourth-order valence-corrected chi connectivity index (χ4v) is 7.04. The zero-order valence-corrected chi connectivity index (χ0v) is 24.9. The van der Waals surface area contributed by atoms with E-state index in [4.69, 9.17) is 16.6 Å². The average molecular weight is 586 g/mol. The number of carboxylic acids is 1. The van der Waals surface area contributed by atoms with Crippen LogP contribution in [0.15, 0.2) is 78.9 Å². The van der Waals surface area contributed by atoms with E-state index in [9.17, 15) is 15.0 Å². The van der Waals surface area contributed by atoms with Crippen molar-refractivity contribution in [1.82, 2.24) is 4.98 Å². The minimum Gasteiger partial charge on any atom is -0.481 e. The summed E-state index contributed by atoms with van der Waals surface area (Å²) < 4.78 is 0. The summed E-state index contributed by atoms with van der Waals surface area (Å²) in [5, 5.41) is 21.2. The van der Waals surface area contributed by atoms with Crippen molar-refractivity contribution in [3.8, 4) is 0 Å². The maximum Gasteiger partial charge on any atom is 0.303 e. The van der Waals surface area contributed by atoms with E-state index in [0.717, 1.165) is 52.9 Å². The minimum absolute atomic E-state index is 0.0108. The van der Waals surface area contributed by atoms with Crippen LogP contribution in [0.5, 0.6) is 0 Å². The van der Waals surface area contributed by atoms with E-state index >= 15 is 0 Å². The molecule has 2 unspecified atom stereocenters. The Morgan fingerprint density at radius 1 is 1.05 bits per heavy atom. The number of hydrogen-bond acceptors (Lipinski definition) is 4. The maximum atomic E-state index is 11.3. The molecule has 0 aliphatic heterocycles. The molecule has 0 amide bonds. The summed E-state index contributed by atoms with van der Waals surface area (Å²) in [6, 6.07) is 26.9. The standard InChI is InChI=1S/C35H36ClNO3S/c1-24(38)19-27-6-2-3-8-31(27)32(15-18-41-23-35(16-17-35)22-34(39)40)28-7-4-5-25(20-28)9-13-30-14-11-26-10-12-29(36)21-33(26)37-30/h2-14,20-21,24,32,38H,15-19,22-23H2,1H3,(H,39,40). The molecule has 5 rings (SSSR count). The Morgan fingerprint density at radius 3 is 2.63 bits per heavy atom.